The van der Waals surface area contributed by atoms with Crippen molar-refractivity contribution >= 4 is 23.4 Å². The van der Waals surface area contributed by atoms with E-state index >= 15 is 0 Å². The van der Waals surface area contributed by atoms with Crippen molar-refractivity contribution in [2.24, 2.45) is 0 Å². The number of carbonyl (C=O) groups excluding carboxylic acids is 2. The lowest BCUT2D eigenvalue weighted by Crippen LogP contribution is -2.29. The van der Waals surface area contributed by atoms with E-state index in [-0.39, 0.29) is 23.4 Å². The second-order valence-corrected chi connectivity index (χ2v) is 7.44. The molecule has 2 aromatic carbocycles. The lowest BCUT2D eigenvalue weighted by atomic mass is 9.95. The molecule has 3 aromatic rings. The molecule has 0 radical (unpaired) electrons. The molecule has 4 rings (SSSR count). The van der Waals surface area contributed by atoms with Crippen molar-refractivity contribution in [2.45, 2.75) is 12.6 Å². The fraction of sp³-hybridized carbons (Fsp3) is 0.120. The van der Waals surface area contributed by atoms with E-state index in [0.717, 1.165) is 0 Å². The number of nitrogens with zero attached hydrogens (tertiary/aromatic N) is 2. The number of aliphatic hydroxyl groups excluding tert-OH is 1. The minimum absolute atomic E-state index is 0.0291. The van der Waals surface area contributed by atoms with Crippen molar-refractivity contribution in [3.05, 3.63) is 101 Å². The zero-order valence-electron chi connectivity index (χ0n) is 17.6. The maximum Gasteiger partial charge on any atom is 0.335 e. The molecule has 8 heteroatoms. The molecular formula is C25H20N2O6. The molecule has 1 aliphatic heterocycles. The first-order valence-corrected chi connectivity index (χ1v) is 10.1. The molecule has 1 amide bonds. The van der Waals surface area contributed by atoms with Crippen LogP contribution < -0.4 is 4.74 Å². The van der Waals surface area contributed by atoms with Crippen LogP contribution in [0.15, 0.2) is 78.6 Å². The Bertz CT molecular complexity index is 1230. The number of ether oxygens (including phenoxy) is 1. The van der Waals surface area contributed by atoms with E-state index in [0.29, 0.717) is 22.4 Å². The highest BCUT2D eigenvalue weighted by molar-refractivity contribution is 6.46. The second kappa shape index (κ2) is 8.96. The molecule has 0 bridgehead atoms. The van der Waals surface area contributed by atoms with Crippen LogP contribution in [0.25, 0.3) is 5.76 Å². The number of aromatic nitrogens is 1. The van der Waals surface area contributed by atoms with E-state index < -0.39 is 23.7 Å². The number of pyridine rings is 1. The summed E-state index contributed by atoms with van der Waals surface area (Å²) in [5.74, 6) is -2.30. The highest BCUT2D eigenvalue weighted by Crippen LogP contribution is 2.40. The van der Waals surface area contributed by atoms with Gasteiger partial charge in [-0.25, -0.2) is 4.79 Å². The Morgan fingerprint density at radius 3 is 2.15 bits per heavy atom. The maximum absolute atomic E-state index is 13.0. The highest BCUT2D eigenvalue weighted by atomic mass is 16.5. The number of hydrogen-bond donors (Lipinski definition) is 2. The van der Waals surface area contributed by atoms with Crippen LogP contribution in [0.4, 0.5) is 0 Å². The van der Waals surface area contributed by atoms with Gasteiger partial charge in [-0.2, -0.15) is 0 Å². The van der Waals surface area contributed by atoms with Crippen molar-refractivity contribution < 1.29 is 29.3 Å². The Hall–Kier alpha value is -4.46. The molecule has 1 saturated heterocycles. The number of carboxylic acid groups (broad SMARTS) is 1. The summed E-state index contributed by atoms with van der Waals surface area (Å²) in [7, 11) is 1.53. The molecule has 1 fully saturated rings. The third-order valence-electron chi connectivity index (χ3n) is 5.48. The van der Waals surface area contributed by atoms with Crippen LogP contribution in [-0.4, -0.2) is 44.9 Å². The number of carboxylic acids is 1. The van der Waals surface area contributed by atoms with Crippen LogP contribution in [0.2, 0.25) is 0 Å². The van der Waals surface area contributed by atoms with Crippen molar-refractivity contribution in [1.29, 1.82) is 0 Å². The molecule has 1 aliphatic rings. The summed E-state index contributed by atoms with van der Waals surface area (Å²) < 4.78 is 5.21. The van der Waals surface area contributed by atoms with Gasteiger partial charge in [0.25, 0.3) is 11.7 Å². The first-order chi connectivity index (χ1) is 15.9. The number of likely N-dealkylation sites (tertiary alicyclic amines) is 1. The fourth-order valence-electron chi connectivity index (χ4n) is 3.79. The summed E-state index contributed by atoms with van der Waals surface area (Å²) in [6.07, 6.45) is 2.97. The van der Waals surface area contributed by atoms with Gasteiger partial charge >= 0.3 is 5.97 Å². The molecule has 1 atom stereocenters. The molecule has 2 heterocycles. The van der Waals surface area contributed by atoms with Crippen molar-refractivity contribution in [3.63, 3.8) is 0 Å². The number of carbonyl (C=O) groups is 3. The topological polar surface area (TPSA) is 117 Å². The van der Waals surface area contributed by atoms with Gasteiger partial charge in [0, 0.05) is 24.5 Å². The molecule has 1 unspecified atom stereocenters. The number of amides is 1. The minimum Gasteiger partial charge on any atom is -0.507 e. The highest BCUT2D eigenvalue weighted by Gasteiger charge is 2.46. The van der Waals surface area contributed by atoms with E-state index in [2.05, 4.69) is 4.98 Å². The third-order valence-corrected chi connectivity index (χ3v) is 5.48. The standard InChI is InChI=1S/C25H20N2O6/c1-33-19-8-6-16(7-9-19)21-20(22(28)17-10-12-26-13-11-17)23(29)24(30)27(21)14-15-2-4-18(5-3-15)25(31)32/h2-13,21,28H,14H2,1H3,(H,31,32)/b22-20+. The SMILES string of the molecule is COc1ccc(C2/C(=C(\O)c3ccncc3)C(=O)C(=O)N2Cc2ccc(C(=O)O)cc2)cc1. The molecule has 33 heavy (non-hydrogen) atoms. The summed E-state index contributed by atoms with van der Waals surface area (Å²) in [6.45, 7) is 0.0499. The number of rotatable bonds is 6. The monoisotopic (exact) mass is 444 g/mol. The van der Waals surface area contributed by atoms with E-state index in [1.165, 1.54) is 36.5 Å². The first kappa shape index (κ1) is 21.8. The molecule has 166 valence electrons. The summed E-state index contributed by atoms with van der Waals surface area (Å²) in [6, 6.07) is 15.2. The van der Waals surface area contributed by atoms with Gasteiger partial charge in [-0.3, -0.25) is 14.6 Å². The molecule has 1 aromatic heterocycles. The Morgan fingerprint density at radius 2 is 1.58 bits per heavy atom. The Labute approximate surface area is 189 Å². The summed E-state index contributed by atoms with van der Waals surface area (Å²) in [5, 5.41) is 20.1. The lowest BCUT2D eigenvalue weighted by Gasteiger charge is -2.25. The smallest absolute Gasteiger partial charge is 0.335 e. The van der Waals surface area contributed by atoms with Gasteiger partial charge in [-0.1, -0.05) is 24.3 Å². The van der Waals surface area contributed by atoms with Crippen LogP contribution in [0.1, 0.15) is 33.1 Å². The van der Waals surface area contributed by atoms with Gasteiger partial charge in [0.1, 0.15) is 11.5 Å². The third kappa shape index (κ3) is 4.18. The lowest BCUT2D eigenvalue weighted by molar-refractivity contribution is -0.140. The average molecular weight is 444 g/mol. The van der Waals surface area contributed by atoms with Gasteiger partial charge in [-0.05, 0) is 47.5 Å². The number of aliphatic hydroxyl groups is 1. The minimum atomic E-state index is -1.06. The number of benzene rings is 2. The van der Waals surface area contributed by atoms with E-state index in [4.69, 9.17) is 9.84 Å². The largest absolute Gasteiger partial charge is 0.507 e. The van der Waals surface area contributed by atoms with Gasteiger partial charge < -0.3 is 19.8 Å². The summed E-state index contributed by atoms with van der Waals surface area (Å²) in [5.41, 5.74) is 1.72. The zero-order valence-corrected chi connectivity index (χ0v) is 17.6. The predicted octanol–water partition coefficient (Wildman–Crippen LogP) is 3.41. The summed E-state index contributed by atoms with van der Waals surface area (Å²) >= 11 is 0. The van der Waals surface area contributed by atoms with Crippen LogP contribution in [-0.2, 0) is 16.1 Å². The van der Waals surface area contributed by atoms with Crippen molar-refractivity contribution in [2.75, 3.05) is 7.11 Å². The molecule has 2 N–H and O–H groups in total. The Morgan fingerprint density at radius 1 is 0.939 bits per heavy atom. The number of Topliss-reactive ketones (excluding diaryl/α,β-unsaturated/α-hetero) is 1. The van der Waals surface area contributed by atoms with Crippen molar-refractivity contribution in [3.8, 4) is 5.75 Å². The average Bonchev–Trinajstić information content (AvgIpc) is 3.09. The van der Waals surface area contributed by atoms with Crippen LogP contribution >= 0.6 is 0 Å². The van der Waals surface area contributed by atoms with Gasteiger partial charge in [0.2, 0.25) is 0 Å². The molecule has 0 aliphatic carbocycles. The van der Waals surface area contributed by atoms with Gasteiger partial charge in [0.15, 0.2) is 0 Å². The molecule has 0 spiro atoms. The Kier molecular flexibility index (Phi) is 5.91. The number of aromatic carboxylic acids is 1. The van der Waals surface area contributed by atoms with Crippen molar-refractivity contribution in [1.82, 2.24) is 9.88 Å². The maximum atomic E-state index is 13.0. The van der Waals surface area contributed by atoms with Crippen LogP contribution in [0.5, 0.6) is 5.75 Å². The van der Waals surface area contributed by atoms with Crippen LogP contribution in [0.3, 0.4) is 0 Å². The molecule has 0 saturated carbocycles. The van der Waals surface area contributed by atoms with Crippen LogP contribution in [0, 0.1) is 0 Å². The number of methoxy groups -OCH3 is 1. The molecular weight excluding hydrogens is 424 g/mol. The Balaban J connectivity index is 1.80. The second-order valence-electron chi connectivity index (χ2n) is 7.44. The first-order valence-electron chi connectivity index (χ1n) is 10.1. The fourth-order valence-corrected chi connectivity index (χ4v) is 3.79. The quantitative estimate of drug-likeness (QED) is 0.340. The van der Waals surface area contributed by atoms with Gasteiger partial charge in [0.05, 0.1) is 24.3 Å². The number of hydrogen-bond acceptors (Lipinski definition) is 6. The zero-order chi connectivity index (χ0) is 23.5. The van der Waals surface area contributed by atoms with E-state index in [9.17, 15) is 19.5 Å². The molecule has 8 nitrogen and oxygen atoms in total. The predicted molar refractivity (Wildman–Crippen MR) is 118 cm³/mol. The summed E-state index contributed by atoms with van der Waals surface area (Å²) in [4.78, 5) is 42.5. The van der Waals surface area contributed by atoms with E-state index in [1.54, 1.807) is 48.5 Å². The normalized spacial score (nSPS) is 17.2. The van der Waals surface area contributed by atoms with E-state index in [1.807, 2.05) is 0 Å². The number of ketones is 1. The van der Waals surface area contributed by atoms with Gasteiger partial charge in [-0.15, -0.1) is 0 Å².